The fourth-order valence-corrected chi connectivity index (χ4v) is 5.08. The van der Waals surface area contributed by atoms with Gasteiger partial charge >= 0.3 is 6.61 Å². The zero-order valence-electron chi connectivity index (χ0n) is 21.3. The summed E-state index contributed by atoms with van der Waals surface area (Å²) in [4.78, 5) is 13.0. The Labute approximate surface area is 215 Å². The number of halogens is 3. The number of benzene rings is 1. The number of aromatic nitrogens is 2. The number of alkyl halides is 2. The number of hydrogen-bond acceptors (Lipinski definition) is 5. The first kappa shape index (κ1) is 28.3. The van der Waals surface area contributed by atoms with Gasteiger partial charge in [-0.15, -0.1) is 0 Å². The van der Waals surface area contributed by atoms with Gasteiger partial charge in [-0.25, -0.2) is 0 Å². The molecule has 7 nitrogen and oxygen atoms in total. The molecule has 0 saturated heterocycles. The van der Waals surface area contributed by atoms with E-state index in [1.165, 1.54) is 10.7 Å². The molecular weight excluding hydrogens is 492 g/mol. The maximum absolute atomic E-state index is 13.3. The van der Waals surface area contributed by atoms with Crippen LogP contribution in [0.3, 0.4) is 0 Å². The van der Waals surface area contributed by atoms with E-state index in [1.54, 1.807) is 26.0 Å². The van der Waals surface area contributed by atoms with Crippen LogP contribution in [0.25, 0.3) is 11.3 Å². The van der Waals surface area contributed by atoms with Crippen LogP contribution in [0.15, 0.2) is 18.2 Å². The molecule has 3 N–H and O–H groups in total. The summed E-state index contributed by atoms with van der Waals surface area (Å²) in [5, 5.41) is 28.6. The molecule has 0 radical (unpaired) electrons. The molecule has 1 aliphatic carbocycles. The van der Waals surface area contributed by atoms with Crippen molar-refractivity contribution in [1.29, 1.82) is 0 Å². The molecule has 1 unspecified atom stereocenters. The third-order valence-corrected chi connectivity index (χ3v) is 7.36. The SMILES string of the molecule is CCCC(C)(O)c1ccc(-c2c(Cl)c(C(=O)NCC3(O)CCC(C)CC3)nn2CC)c(OC(F)F)c1. The van der Waals surface area contributed by atoms with Gasteiger partial charge in [0.05, 0.1) is 21.9 Å². The molecule has 1 aliphatic rings. The summed E-state index contributed by atoms with van der Waals surface area (Å²) in [6, 6.07) is 4.55. The number of nitrogens with one attached hydrogen (secondary N) is 1. The smallest absolute Gasteiger partial charge is 0.387 e. The molecule has 1 aromatic carbocycles. The predicted octanol–water partition coefficient (Wildman–Crippen LogP) is 5.50. The molecular formula is C26H36ClF2N3O4. The lowest BCUT2D eigenvalue weighted by Crippen LogP contribution is -2.45. The molecule has 1 heterocycles. The molecule has 3 rings (SSSR count). The molecule has 1 atom stereocenters. The number of ether oxygens (including phenoxy) is 1. The van der Waals surface area contributed by atoms with Gasteiger partial charge in [-0.1, -0.05) is 37.9 Å². The van der Waals surface area contributed by atoms with E-state index in [1.807, 2.05) is 6.92 Å². The molecule has 200 valence electrons. The molecule has 0 bridgehead atoms. The highest BCUT2D eigenvalue weighted by Crippen LogP contribution is 2.40. The first-order chi connectivity index (χ1) is 16.9. The van der Waals surface area contributed by atoms with E-state index >= 15 is 0 Å². The van der Waals surface area contributed by atoms with Crippen molar-refractivity contribution < 1.29 is 28.5 Å². The first-order valence-corrected chi connectivity index (χ1v) is 12.9. The third-order valence-electron chi connectivity index (χ3n) is 7.00. The van der Waals surface area contributed by atoms with Crippen LogP contribution in [0.1, 0.15) is 82.3 Å². The Kier molecular flexibility index (Phi) is 9.01. The van der Waals surface area contributed by atoms with Gasteiger partial charge < -0.3 is 20.3 Å². The molecule has 36 heavy (non-hydrogen) atoms. The second-order valence-corrected chi connectivity index (χ2v) is 10.4. The van der Waals surface area contributed by atoms with Crippen molar-refractivity contribution in [2.45, 2.75) is 90.6 Å². The van der Waals surface area contributed by atoms with Crippen LogP contribution in [-0.4, -0.2) is 44.7 Å². The summed E-state index contributed by atoms with van der Waals surface area (Å²) >= 11 is 6.60. The van der Waals surface area contributed by atoms with E-state index in [4.69, 9.17) is 16.3 Å². The van der Waals surface area contributed by atoms with Crippen molar-refractivity contribution in [1.82, 2.24) is 15.1 Å². The number of hydrogen-bond donors (Lipinski definition) is 3. The Balaban J connectivity index is 1.95. The zero-order chi connectivity index (χ0) is 26.7. The monoisotopic (exact) mass is 527 g/mol. The molecule has 0 spiro atoms. The largest absolute Gasteiger partial charge is 0.434 e. The van der Waals surface area contributed by atoms with Crippen LogP contribution < -0.4 is 10.1 Å². The zero-order valence-corrected chi connectivity index (χ0v) is 22.0. The van der Waals surface area contributed by atoms with E-state index in [0.717, 1.165) is 12.8 Å². The van der Waals surface area contributed by atoms with Crippen LogP contribution in [0.4, 0.5) is 8.78 Å². The minimum Gasteiger partial charge on any atom is -0.434 e. The number of rotatable bonds is 10. The third kappa shape index (κ3) is 6.36. The van der Waals surface area contributed by atoms with Crippen molar-refractivity contribution >= 4 is 17.5 Å². The minimum absolute atomic E-state index is 0.00853. The van der Waals surface area contributed by atoms with E-state index in [-0.39, 0.29) is 34.3 Å². The van der Waals surface area contributed by atoms with Crippen molar-refractivity contribution in [3.8, 4) is 17.0 Å². The average Bonchev–Trinajstić information content (AvgIpc) is 3.15. The van der Waals surface area contributed by atoms with Crippen molar-refractivity contribution in [3.05, 3.63) is 34.5 Å². The number of aliphatic hydroxyl groups is 2. The van der Waals surface area contributed by atoms with Gasteiger partial charge in [-0.05, 0) is 69.6 Å². The van der Waals surface area contributed by atoms with E-state index in [9.17, 15) is 23.8 Å². The van der Waals surface area contributed by atoms with E-state index < -0.39 is 23.7 Å². The van der Waals surface area contributed by atoms with Crippen LogP contribution >= 0.6 is 11.6 Å². The molecule has 1 aromatic heterocycles. The Morgan fingerprint density at radius 2 is 2.03 bits per heavy atom. The second kappa shape index (κ2) is 11.4. The highest BCUT2D eigenvalue weighted by Gasteiger charge is 2.33. The van der Waals surface area contributed by atoms with Gasteiger partial charge in [0.15, 0.2) is 5.69 Å². The summed E-state index contributed by atoms with van der Waals surface area (Å²) in [5.74, 6) is -0.188. The molecule has 0 aliphatic heterocycles. The Bertz CT molecular complexity index is 1070. The normalized spacial score (nSPS) is 21.9. The van der Waals surface area contributed by atoms with Gasteiger partial charge in [-0.2, -0.15) is 13.9 Å². The quantitative estimate of drug-likeness (QED) is 0.379. The van der Waals surface area contributed by atoms with Crippen LogP contribution in [0, 0.1) is 5.92 Å². The standard InChI is InChI=1S/C26H36ClF2N3O4/c1-5-11-25(4,34)17-7-8-18(19(14-17)36-24(28)29)22-20(27)21(31-32(22)6-2)23(33)30-15-26(35)12-9-16(3)10-13-26/h7-8,14,16,24,34-35H,5-6,9-13,15H2,1-4H3,(H,30,33). The maximum atomic E-state index is 13.3. The minimum atomic E-state index is -3.10. The lowest BCUT2D eigenvalue weighted by molar-refractivity contribution is -0.0498. The van der Waals surface area contributed by atoms with Crippen molar-refractivity contribution in [3.63, 3.8) is 0 Å². The number of nitrogens with zero attached hydrogens (tertiary/aromatic N) is 2. The van der Waals surface area contributed by atoms with Crippen molar-refractivity contribution in [2.75, 3.05) is 6.54 Å². The van der Waals surface area contributed by atoms with E-state index in [2.05, 4.69) is 17.3 Å². The number of carbonyl (C=O) groups excluding carboxylic acids is 1. The average molecular weight is 528 g/mol. The fourth-order valence-electron chi connectivity index (χ4n) is 4.75. The first-order valence-electron chi connectivity index (χ1n) is 12.5. The van der Waals surface area contributed by atoms with Gasteiger partial charge in [0, 0.05) is 18.7 Å². The van der Waals surface area contributed by atoms with Crippen LogP contribution in [0.5, 0.6) is 5.75 Å². The second-order valence-electron chi connectivity index (χ2n) is 10.0. The Morgan fingerprint density at radius 3 is 2.61 bits per heavy atom. The Morgan fingerprint density at radius 1 is 1.36 bits per heavy atom. The summed E-state index contributed by atoms with van der Waals surface area (Å²) in [6.45, 7) is 4.74. The molecule has 1 amide bonds. The summed E-state index contributed by atoms with van der Waals surface area (Å²) in [7, 11) is 0. The maximum Gasteiger partial charge on any atom is 0.387 e. The number of aryl methyl sites for hydroxylation is 1. The molecule has 1 saturated carbocycles. The Hall–Kier alpha value is -2.23. The van der Waals surface area contributed by atoms with E-state index in [0.29, 0.717) is 43.7 Å². The summed E-state index contributed by atoms with van der Waals surface area (Å²) in [6.07, 6.45) is 4.09. The topological polar surface area (TPSA) is 96.6 Å². The number of amides is 1. The molecule has 1 fully saturated rings. The predicted molar refractivity (Wildman–Crippen MR) is 134 cm³/mol. The number of carbonyl (C=O) groups is 1. The van der Waals surface area contributed by atoms with Gasteiger partial charge in [-0.3, -0.25) is 9.48 Å². The van der Waals surface area contributed by atoms with Gasteiger partial charge in [0.2, 0.25) is 0 Å². The summed E-state index contributed by atoms with van der Waals surface area (Å²) < 4.78 is 32.9. The highest BCUT2D eigenvalue weighted by atomic mass is 35.5. The lowest BCUT2D eigenvalue weighted by atomic mass is 9.79. The summed E-state index contributed by atoms with van der Waals surface area (Å²) in [5.41, 5.74) is -1.36. The van der Waals surface area contributed by atoms with Gasteiger partial charge in [0.25, 0.3) is 5.91 Å². The van der Waals surface area contributed by atoms with Gasteiger partial charge in [0.1, 0.15) is 5.75 Å². The fraction of sp³-hybridized carbons (Fsp3) is 0.615. The van der Waals surface area contributed by atoms with Crippen molar-refractivity contribution in [2.24, 2.45) is 5.92 Å². The highest BCUT2D eigenvalue weighted by molar-refractivity contribution is 6.36. The molecule has 10 heteroatoms. The van der Waals surface area contributed by atoms with Crippen LogP contribution in [-0.2, 0) is 12.1 Å². The van der Waals surface area contributed by atoms with Crippen LogP contribution in [0.2, 0.25) is 5.02 Å². The molecule has 2 aromatic rings. The lowest BCUT2D eigenvalue weighted by Gasteiger charge is -2.34.